The van der Waals surface area contributed by atoms with Crippen LogP contribution >= 0.6 is 0 Å². The number of ether oxygens (including phenoxy) is 2. The van der Waals surface area contributed by atoms with Gasteiger partial charge in [-0.05, 0) is 26.8 Å². The molecule has 0 heterocycles. The summed E-state index contributed by atoms with van der Waals surface area (Å²) < 4.78 is 9.99. The Morgan fingerprint density at radius 2 is 1.81 bits per heavy atom. The van der Waals surface area contributed by atoms with Crippen LogP contribution in [0.2, 0.25) is 0 Å². The van der Waals surface area contributed by atoms with Crippen LogP contribution in [0.15, 0.2) is 12.1 Å². The van der Waals surface area contributed by atoms with Crippen molar-refractivity contribution in [2.75, 3.05) is 26.1 Å². The van der Waals surface area contributed by atoms with Crippen LogP contribution in [0, 0.1) is 10.1 Å². The van der Waals surface area contributed by atoms with Crippen LogP contribution in [0.4, 0.5) is 11.4 Å². The molecule has 142 valence electrons. The third-order valence-corrected chi connectivity index (χ3v) is 3.38. The van der Waals surface area contributed by atoms with Gasteiger partial charge in [0, 0.05) is 25.7 Å². The van der Waals surface area contributed by atoms with Gasteiger partial charge in [0.25, 0.3) is 5.69 Å². The molecule has 0 aliphatic carbocycles. The quantitative estimate of drug-likeness (QED) is 0.247. The van der Waals surface area contributed by atoms with Crippen LogP contribution in [-0.4, -0.2) is 50.0 Å². The lowest BCUT2D eigenvalue weighted by Crippen LogP contribution is -2.33. The second-order valence-corrected chi connectivity index (χ2v) is 6.70. The smallest absolute Gasteiger partial charge is 0.325 e. The minimum absolute atomic E-state index is 0.0791. The number of aldehydes is 1. The Hall–Kier alpha value is -2.97. The molecule has 0 radical (unpaired) electrons. The van der Waals surface area contributed by atoms with Gasteiger partial charge in [-0.25, -0.2) is 0 Å². The van der Waals surface area contributed by atoms with E-state index >= 15 is 0 Å². The second kappa shape index (κ2) is 7.94. The molecule has 1 atom stereocenters. The van der Waals surface area contributed by atoms with Gasteiger partial charge in [0.05, 0.1) is 17.7 Å². The minimum atomic E-state index is -1.49. The Balaban J connectivity index is 3.70. The minimum Gasteiger partial charge on any atom is -0.468 e. The van der Waals surface area contributed by atoms with Gasteiger partial charge in [-0.3, -0.25) is 24.5 Å². The van der Waals surface area contributed by atoms with E-state index in [0.717, 1.165) is 13.2 Å². The summed E-state index contributed by atoms with van der Waals surface area (Å²) in [4.78, 5) is 48.3. The van der Waals surface area contributed by atoms with Crippen LogP contribution in [-0.2, 0) is 19.1 Å². The third kappa shape index (κ3) is 4.56. The maximum absolute atomic E-state index is 12.6. The van der Waals surface area contributed by atoms with E-state index in [1.54, 1.807) is 34.9 Å². The summed E-state index contributed by atoms with van der Waals surface area (Å²) in [5.74, 6) is -3.26. The Bertz CT molecular complexity index is 735. The van der Waals surface area contributed by atoms with Crippen LogP contribution in [0.1, 0.15) is 42.6 Å². The van der Waals surface area contributed by atoms with E-state index in [1.807, 2.05) is 0 Å². The highest BCUT2D eigenvalue weighted by atomic mass is 16.6. The summed E-state index contributed by atoms with van der Waals surface area (Å²) in [5, 5.41) is 11.2. The summed E-state index contributed by atoms with van der Waals surface area (Å²) in [6, 6.07) is 2.33. The lowest BCUT2D eigenvalue weighted by molar-refractivity contribution is -0.385. The summed E-state index contributed by atoms with van der Waals surface area (Å²) in [5.41, 5.74) is -1.37. The van der Waals surface area contributed by atoms with Gasteiger partial charge in [-0.2, -0.15) is 0 Å². The van der Waals surface area contributed by atoms with Crippen molar-refractivity contribution < 1.29 is 28.8 Å². The number of methoxy groups -OCH3 is 1. The first-order chi connectivity index (χ1) is 11.9. The van der Waals surface area contributed by atoms with E-state index < -0.39 is 34.1 Å². The number of carbonyl (C=O) groups excluding carboxylic acids is 3. The molecule has 9 heteroatoms. The highest BCUT2D eigenvalue weighted by Gasteiger charge is 2.38. The Morgan fingerprint density at radius 1 is 1.23 bits per heavy atom. The number of anilines is 1. The van der Waals surface area contributed by atoms with Crippen molar-refractivity contribution in [3.05, 3.63) is 33.4 Å². The molecule has 0 amide bonds. The molecule has 0 aliphatic heterocycles. The molecule has 0 bridgehead atoms. The van der Waals surface area contributed by atoms with Crippen molar-refractivity contribution in [3.8, 4) is 0 Å². The largest absolute Gasteiger partial charge is 0.468 e. The summed E-state index contributed by atoms with van der Waals surface area (Å²) in [6.07, 6.45) is 0.320. The fourth-order valence-electron chi connectivity index (χ4n) is 2.45. The number of hydrogen-bond acceptors (Lipinski definition) is 8. The monoisotopic (exact) mass is 366 g/mol. The highest BCUT2D eigenvalue weighted by Crippen LogP contribution is 2.36. The van der Waals surface area contributed by atoms with Crippen LogP contribution < -0.4 is 4.90 Å². The molecule has 0 N–H and O–H groups in total. The second-order valence-electron chi connectivity index (χ2n) is 6.70. The number of carbonyl (C=O) groups is 3. The first-order valence-corrected chi connectivity index (χ1v) is 7.69. The van der Waals surface area contributed by atoms with Crippen molar-refractivity contribution in [2.45, 2.75) is 32.3 Å². The van der Waals surface area contributed by atoms with E-state index in [0.29, 0.717) is 6.29 Å². The zero-order valence-corrected chi connectivity index (χ0v) is 15.6. The molecular weight excluding hydrogens is 344 g/mol. The lowest BCUT2D eigenvalue weighted by atomic mass is 9.93. The average Bonchev–Trinajstić information content (AvgIpc) is 2.51. The average molecular weight is 366 g/mol. The molecular formula is C17H22N2O7. The number of nitro benzene ring substituents is 1. The molecule has 1 aromatic rings. The molecule has 1 unspecified atom stereocenters. The van der Waals surface area contributed by atoms with Gasteiger partial charge in [-0.15, -0.1) is 0 Å². The van der Waals surface area contributed by atoms with Crippen molar-refractivity contribution in [1.29, 1.82) is 0 Å². The zero-order chi connectivity index (χ0) is 20.2. The Kier molecular flexibility index (Phi) is 6.44. The van der Waals surface area contributed by atoms with Crippen molar-refractivity contribution >= 4 is 29.6 Å². The Labute approximate surface area is 151 Å². The topological polar surface area (TPSA) is 116 Å². The summed E-state index contributed by atoms with van der Waals surface area (Å²) in [6.45, 7) is 4.91. The number of rotatable bonds is 6. The standard InChI is InChI=1S/C17H22N2O7/c1-17(2,3)26-16(22)13(15(21)25-6)10-7-8-12(19(23)24)11(9-20)14(10)18(4)5/h7-9,13H,1-6H3. The van der Waals surface area contributed by atoms with E-state index in [-0.39, 0.29) is 16.8 Å². The normalized spacial score (nSPS) is 12.1. The van der Waals surface area contributed by atoms with Crippen molar-refractivity contribution in [2.24, 2.45) is 0 Å². The van der Waals surface area contributed by atoms with E-state index in [4.69, 9.17) is 9.47 Å². The molecule has 0 saturated carbocycles. The molecule has 0 fully saturated rings. The Morgan fingerprint density at radius 3 is 2.19 bits per heavy atom. The number of nitro groups is 1. The van der Waals surface area contributed by atoms with Crippen LogP contribution in [0.25, 0.3) is 0 Å². The van der Waals surface area contributed by atoms with Gasteiger partial charge in [-0.1, -0.05) is 0 Å². The lowest BCUT2D eigenvalue weighted by Gasteiger charge is -2.26. The van der Waals surface area contributed by atoms with Crippen LogP contribution in [0.3, 0.4) is 0 Å². The van der Waals surface area contributed by atoms with E-state index in [9.17, 15) is 24.5 Å². The van der Waals surface area contributed by atoms with E-state index in [1.165, 1.54) is 11.0 Å². The molecule has 0 aromatic heterocycles. The van der Waals surface area contributed by atoms with Crippen molar-refractivity contribution in [1.82, 2.24) is 0 Å². The fraction of sp³-hybridized carbons (Fsp3) is 0.471. The van der Waals surface area contributed by atoms with Crippen LogP contribution in [0.5, 0.6) is 0 Å². The summed E-state index contributed by atoms with van der Waals surface area (Å²) >= 11 is 0. The molecule has 1 aromatic carbocycles. The molecule has 0 aliphatic rings. The van der Waals surface area contributed by atoms with Gasteiger partial charge in [0.2, 0.25) is 0 Å². The predicted molar refractivity (Wildman–Crippen MR) is 93.4 cm³/mol. The van der Waals surface area contributed by atoms with Gasteiger partial charge >= 0.3 is 11.9 Å². The zero-order valence-electron chi connectivity index (χ0n) is 15.6. The number of nitrogens with zero attached hydrogens (tertiary/aromatic N) is 2. The highest BCUT2D eigenvalue weighted by molar-refractivity contribution is 6.04. The summed E-state index contributed by atoms with van der Waals surface area (Å²) in [7, 11) is 4.19. The van der Waals surface area contributed by atoms with Gasteiger partial charge in [0.1, 0.15) is 11.2 Å². The first kappa shape index (κ1) is 21.1. The number of benzene rings is 1. The molecule has 26 heavy (non-hydrogen) atoms. The molecule has 1 rings (SSSR count). The predicted octanol–water partition coefficient (Wildman–Crippen LogP) is 2.07. The number of esters is 2. The third-order valence-electron chi connectivity index (χ3n) is 3.38. The maximum Gasteiger partial charge on any atom is 0.325 e. The van der Waals surface area contributed by atoms with E-state index in [2.05, 4.69) is 0 Å². The van der Waals surface area contributed by atoms with Gasteiger partial charge < -0.3 is 14.4 Å². The molecule has 9 nitrogen and oxygen atoms in total. The molecule has 0 spiro atoms. The number of hydrogen-bond donors (Lipinski definition) is 0. The fourth-order valence-corrected chi connectivity index (χ4v) is 2.45. The SMILES string of the molecule is COC(=O)C(C(=O)OC(C)(C)C)c1ccc([N+](=O)[O-])c(C=O)c1N(C)C. The maximum atomic E-state index is 12.6. The van der Waals surface area contributed by atoms with Gasteiger partial charge in [0.15, 0.2) is 12.2 Å². The first-order valence-electron chi connectivity index (χ1n) is 7.69. The molecule has 0 saturated heterocycles. The van der Waals surface area contributed by atoms with Crippen molar-refractivity contribution in [3.63, 3.8) is 0 Å².